The van der Waals surface area contributed by atoms with Crippen molar-refractivity contribution in [2.24, 2.45) is 5.92 Å². The minimum atomic E-state index is -0.383. The van der Waals surface area contributed by atoms with E-state index in [2.05, 4.69) is 35.1 Å². The first-order chi connectivity index (χ1) is 8.40. The monoisotopic (exact) mass is 317 g/mol. The molecule has 2 atom stereocenters. The van der Waals surface area contributed by atoms with Crippen LogP contribution in [0.15, 0.2) is 22.7 Å². The molecule has 0 aliphatic carbocycles. The molecule has 0 fully saturated rings. The van der Waals surface area contributed by atoms with E-state index in [1.54, 1.807) is 6.07 Å². The van der Waals surface area contributed by atoms with E-state index in [9.17, 15) is 9.50 Å². The lowest BCUT2D eigenvalue weighted by Crippen LogP contribution is -2.30. The third-order valence-electron chi connectivity index (χ3n) is 2.83. The Balaban J connectivity index is 2.52. The number of aliphatic hydroxyl groups is 1. The highest BCUT2D eigenvalue weighted by Gasteiger charge is 2.13. The van der Waals surface area contributed by atoms with Crippen LogP contribution < -0.4 is 5.32 Å². The molecule has 4 heteroatoms. The topological polar surface area (TPSA) is 32.3 Å². The van der Waals surface area contributed by atoms with E-state index in [4.69, 9.17) is 0 Å². The van der Waals surface area contributed by atoms with Crippen LogP contribution in [0.1, 0.15) is 38.8 Å². The molecule has 0 spiro atoms. The van der Waals surface area contributed by atoms with Gasteiger partial charge in [-0.15, -0.1) is 0 Å². The molecule has 0 radical (unpaired) electrons. The second kappa shape index (κ2) is 7.22. The number of aliphatic hydroxyl groups excluding tert-OH is 1. The fourth-order valence-corrected chi connectivity index (χ4v) is 2.24. The van der Waals surface area contributed by atoms with Gasteiger partial charge in [0, 0.05) is 22.6 Å². The van der Waals surface area contributed by atoms with Crippen LogP contribution in [0.25, 0.3) is 0 Å². The van der Waals surface area contributed by atoms with Crippen LogP contribution in [-0.2, 0) is 0 Å². The van der Waals surface area contributed by atoms with E-state index in [0.717, 1.165) is 10.9 Å². The molecular weight excluding hydrogens is 297 g/mol. The minimum Gasteiger partial charge on any atom is -0.392 e. The molecule has 1 rings (SSSR count). The second-order valence-electron chi connectivity index (χ2n) is 5.08. The normalized spacial score (nSPS) is 14.8. The summed E-state index contributed by atoms with van der Waals surface area (Å²) in [7, 11) is 0. The highest BCUT2D eigenvalue weighted by molar-refractivity contribution is 9.10. The van der Waals surface area contributed by atoms with E-state index >= 15 is 0 Å². The van der Waals surface area contributed by atoms with Crippen LogP contribution in [0.4, 0.5) is 4.39 Å². The first-order valence-electron chi connectivity index (χ1n) is 6.26. The van der Waals surface area contributed by atoms with Crippen LogP contribution in [0, 0.1) is 11.7 Å². The molecule has 1 aromatic carbocycles. The zero-order valence-electron chi connectivity index (χ0n) is 11.1. The zero-order chi connectivity index (χ0) is 13.7. The molecular formula is C14H21BrFNO. The third-order valence-corrected chi connectivity index (χ3v) is 3.33. The second-order valence-corrected chi connectivity index (χ2v) is 5.99. The Hall–Kier alpha value is -0.450. The number of hydrogen-bond acceptors (Lipinski definition) is 2. The Labute approximate surface area is 117 Å². The van der Waals surface area contributed by atoms with Gasteiger partial charge in [0.25, 0.3) is 0 Å². The average molecular weight is 318 g/mol. The van der Waals surface area contributed by atoms with E-state index in [1.165, 1.54) is 6.07 Å². The quantitative estimate of drug-likeness (QED) is 0.839. The van der Waals surface area contributed by atoms with Gasteiger partial charge < -0.3 is 10.4 Å². The SMILES string of the molecule is CC(C)CC(O)CNC(C)c1ccc(Br)cc1F. The Bertz CT molecular complexity index is 384. The standard InChI is InChI=1S/C14H21BrFNO/c1-9(2)6-12(18)8-17-10(3)13-5-4-11(15)7-14(13)16/h4-5,7,9-10,12,17-18H,6,8H2,1-3H3. The molecule has 18 heavy (non-hydrogen) atoms. The average Bonchev–Trinajstić information content (AvgIpc) is 2.25. The van der Waals surface area contributed by atoms with Gasteiger partial charge in [0.15, 0.2) is 0 Å². The molecule has 0 aliphatic heterocycles. The van der Waals surface area contributed by atoms with Crippen molar-refractivity contribution in [3.8, 4) is 0 Å². The maximum absolute atomic E-state index is 13.7. The van der Waals surface area contributed by atoms with Crippen molar-refractivity contribution in [2.45, 2.75) is 39.3 Å². The van der Waals surface area contributed by atoms with Crippen molar-refractivity contribution in [3.63, 3.8) is 0 Å². The maximum atomic E-state index is 13.7. The lowest BCUT2D eigenvalue weighted by atomic mass is 10.0. The summed E-state index contributed by atoms with van der Waals surface area (Å²) in [4.78, 5) is 0. The molecule has 0 heterocycles. The Kier molecular flexibility index (Phi) is 6.26. The van der Waals surface area contributed by atoms with Gasteiger partial charge in [0.1, 0.15) is 5.82 Å². The zero-order valence-corrected chi connectivity index (χ0v) is 12.7. The van der Waals surface area contributed by atoms with E-state index in [1.807, 2.05) is 13.0 Å². The number of hydrogen-bond donors (Lipinski definition) is 2. The molecule has 2 nitrogen and oxygen atoms in total. The summed E-state index contributed by atoms with van der Waals surface area (Å²) in [6, 6.07) is 4.92. The number of benzene rings is 1. The highest BCUT2D eigenvalue weighted by atomic mass is 79.9. The number of nitrogens with one attached hydrogen (secondary N) is 1. The molecule has 102 valence electrons. The van der Waals surface area contributed by atoms with E-state index in [0.29, 0.717) is 18.0 Å². The van der Waals surface area contributed by atoms with Gasteiger partial charge in [-0.1, -0.05) is 35.8 Å². The van der Waals surface area contributed by atoms with Gasteiger partial charge in [-0.05, 0) is 31.4 Å². The van der Waals surface area contributed by atoms with Gasteiger partial charge in [-0.3, -0.25) is 0 Å². The summed E-state index contributed by atoms with van der Waals surface area (Å²) < 4.78 is 14.4. The Morgan fingerprint density at radius 2 is 2.00 bits per heavy atom. The van der Waals surface area contributed by atoms with Crippen molar-refractivity contribution < 1.29 is 9.50 Å². The van der Waals surface area contributed by atoms with Gasteiger partial charge in [0.05, 0.1) is 6.10 Å². The first kappa shape index (κ1) is 15.6. The Morgan fingerprint density at radius 1 is 1.33 bits per heavy atom. The molecule has 2 N–H and O–H groups in total. The predicted octanol–water partition coefficient (Wildman–Crippen LogP) is 3.65. The molecule has 0 aromatic heterocycles. The molecule has 0 aliphatic rings. The first-order valence-corrected chi connectivity index (χ1v) is 7.05. The van der Waals surface area contributed by atoms with Crippen LogP contribution in [0.2, 0.25) is 0 Å². The summed E-state index contributed by atoms with van der Waals surface area (Å²) in [5.74, 6) is 0.226. The summed E-state index contributed by atoms with van der Waals surface area (Å²) in [5.41, 5.74) is 0.620. The largest absolute Gasteiger partial charge is 0.392 e. The number of rotatable bonds is 6. The van der Waals surface area contributed by atoms with Gasteiger partial charge in [-0.2, -0.15) is 0 Å². The fourth-order valence-electron chi connectivity index (χ4n) is 1.90. The van der Waals surface area contributed by atoms with Crippen LogP contribution in [-0.4, -0.2) is 17.8 Å². The summed E-state index contributed by atoms with van der Waals surface area (Å²) in [6.45, 7) is 6.52. The lowest BCUT2D eigenvalue weighted by molar-refractivity contribution is 0.143. The molecule has 2 unspecified atom stereocenters. The summed E-state index contributed by atoms with van der Waals surface area (Å²) in [5, 5.41) is 12.9. The maximum Gasteiger partial charge on any atom is 0.129 e. The third kappa shape index (κ3) is 5.04. The Morgan fingerprint density at radius 3 is 2.56 bits per heavy atom. The van der Waals surface area contributed by atoms with Gasteiger partial charge >= 0.3 is 0 Å². The lowest BCUT2D eigenvalue weighted by Gasteiger charge is -2.19. The molecule has 0 saturated carbocycles. The van der Waals surface area contributed by atoms with Crippen molar-refractivity contribution in [3.05, 3.63) is 34.1 Å². The van der Waals surface area contributed by atoms with Crippen molar-refractivity contribution in [1.82, 2.24) is 5.32 Å². The van der Waals surface area contributed by atoms with Crippen LogP contribution >= 0.6 is 15.9 Å². The minimum absolute atomic E-state index is 0.111. The predicted molar refractivity (Wildman–Crippen MR) is 76.0 cm³/mol. The molecule has 0 bridgehead atoms. The van der Waals surface area contributed by atoms with Crippen LogP contribution in [0.5, 0.6) is 0 Å². The smallest absolute Gasteiger partial charge is 0.129 e. The van der Waals surface area contributed by atoms with Crippen molar-refractivity contribution >= 4 is 15.9 Å². The van der Waals surface area contributed by atoms with E-state index in [-0.39, 0.29) is 18.0 Å². The summed E-state index contributed by atoms with van der Waals surface area (Å²) >= 11 is 3.23. The molecule has 1 aromatic rings. The fraction of sp³-hybridized carbons (Fsp3) is 0.571. The number of halogens is 2. The molecule has 0 amide bonds. The van der Waals surface area contributed by atoms with Gasteiger partial charge in [0.2, 0.25) is 0 Å². The van der Waals surface area contributed by atoms with Crippen LogP contribution in [0.3, 0.4) is 0 Å². The molecule has 0 saturated heterocycles. The van der Waals surface area contributed by atoms with Crippen molar-refractivity contribution in [2.75, 3.05) is 6.54 Å². The van der Waals surface area contributed by atoms with Crippen molar-refractivity contribution in [1.29, 1.82) is 0 Å². The highest BCUT2D eigenvalue weighted by Crippen LogP contribution is 2.20. The summed E-state index contributed by atoms with van der Waals surface area (Å²) in [6.07, 6.45) is 0.369. The van der Waals surface area contributed by atoms with Gasteiger partial charge in [-0.25, -0.2) is 4.39 Å². The van der Waals surface area contributed by atoms with E-state index < -0.39 is 0 Å².